The Morgan fingerprint density at radius 2 is 2.00 bits per heavy atom. The molecule has 6 nitrogen and oxygen atoms in total. The molecule has 0 fully saturated rings. The van der Waals surface area contributed by atoms with Crippen molar-refractivity contribution >= 4 is 36.0 Å². The number of thioether (sulfide) groups is 1. The predicted molar refractivity (Wildman–Crippen MR) is 114 cm³/mol. The standard InChI is InChI=1S/C18H22BrN3O3SSi/c1-18(2,3)27(5,6)25-12-8-7-11(23)13(14(12)19)15-10(9-20)16(24)22-17(21-15)26-4/h7-8,23H,1-6H3,(H,21,22,24). The zero-order chi connectivity index (χ0) is 20.6. The Morgan fingerprint density at radius 3 is 2.52 bits per heavy atom. The number of rotatable bonds is 4. The lowest BCUT2D eigenvalue weighted by Gasteiger charge is -2.37. The molecule has 2 rings (SSSR count). The maximum absolute atomic E-state index is 12.2. The Hall–Kier alpha value is -1.76. The molecule has 0 unspecified atom stereocenters. The van der Waals surface area contributed by atoms with E-state index in [9.17, 15) is 15.2 Å². The lowest BCUT2D eigenvalue weighted by Crippen LogP contribution is -2.43. The van der Waals surface area contributed by atoms with Gasteiger partial charge in [-0.15, -0.1) is 0 Å². The molecule has 1 heterocycles. The van der Waals surface area contributed by atoms with Crippen LogP contribution in [0.25, 0.3) is 11.3 Å². The highest BCUT2D eigenvalue weighted by Crippen LogP contribution is 2.45. The van der Waals surface area contributed by atoms with E-state index in [0.29, 0.717) is 15.4 Å². The van der Waals surface area contributed by atoms with Crippen LogP contribution < -0.4 is 9.99 Å². The van der Waals surface area contributed by atoms with E-state index in [4.69, 9.17) is 4.43 Å². The van der Waals surface area contributed by atoms with Gasteiger partial charge in [0.15, 0.2) is 5.16 Å². The largest absolute Gasteiger partial charge is 0.543 e. The van der Waals surface area contributed by atoms with Gasteiger partial charge in [0, 0.05) is 0 Å². The minimum absolute atomic E-state index is 0.0174. The van der Waals surface area contributed by atoms with Crippen molar-refractivity contribution in [2.45, 2.75) is 44.1 Å². The number of phenols is 1. The molecule has 1 aromatic carbocycles. The number of nitrogens with zero attached hydrogens (tertiary/aromatic N) is 2. The smallest absolute Gasteiger partial charge is 0.270 e. The summed E-state index contributed by atoms with van der Waals surface area (Å²) in [6.07, 6.45) is 1.76. The number of aromatic nitrogens is 2. The fraction of sp³-hybridized carbons (Fsp3) is 0.389. The highest BCUT2D eigenvalue weighted by molar-refractivity contribution is 9.10. The Labute approximate surface area is 172 Å². The quantitative estimate of drug-likeness (QED) is 0.377. The number of nitriles is 1. The number of hydrogen-bond acceptors (Lipinski definition) is 6. The number of benzene rings is 1. The van der Waals surface area contributed by atoms with Crippen LogP contribution in [-0.4, -0.2) is 29.6 Å². The van der Waals surface area contributed by atoms with Gasteiger partial charge < -0.3 is 14.5 Å². The summed E-state index contributed by atoms with van der Waals surface area (Å²) < 4.78 is 6.82. The first kappa shape index (κ1) is 21.5. The molecule has 0 aliphatic rings. The fourth-order valence-electron chi connectivity index (χ4n) is 2.11. The van der Waals surface area contributed by atoms with Gasteiger partial charge in [-0.2, -0.15) is 5.26 Å². The Bertz CT molecular complexity index is 978. The molecule has 0 aliphatic carbocycles. The maximum atomic E-state index is 12.2. The zero-order valence-corrected chi connectivity index (χ0v) is 19.5. The highest BCUT2D eigenvalue weighted by Gasteiger charge is 2.39. The van der Waals surface area contributed by atoms with E-state index in [1.54, 1.807) is 12.3 Å². The van der Waals surface area contributed by atoms with E-state index in [1.807, 2.05) is 6.07 Å². The van der Waals surface area contributed by atoms with E-state index in [-0.39, 0.29) is 27.6 Å². The number of H-pyrrole nitrogens is 1. The van der Waals surface area contributed by atoms with Crippen molar-refractivity contribution in [3.8, 4) is 28.8 Å². The number of aromatic amines is 1. The Morgan fingerprint density at radius 1 is 1.37 bits per heavy atom. The van der Waals surface area contributed by atoms with Gasteiger partial charge >= 0.3 is 0 Å². The number of aromatic hydroxyl groups is 1. The molecule has 144 valence electrons. The van der Waals surface area contributed by atoms with Crippen molar-refractivity contribution in [2.75, 3.05) is 6.26 Å². The summed E-state index contributed by atoms with van der Waals surface area (Å²) in [6, 6.07) is 5.05. The third-order valence-corrected chi connectivity index (χ3v) is 10.4. The topological polar surface area (TPSA) is 99.0 Å². The van der Waals surface area contributed by atoms with Crippen molar-refractivity contribution in [3.63, 3.8) is 0 Å². The number of phenolic OH excluding ortho intramolecular Hbond substituents is 1. The Balaban J connectivity index is 2.73. The van der Waals surface area contributed by atoms with Crippen molar-refractivity contribution < 1.29 is 9.53 Å². The van der Waals surface area contributed by atoms with Crippen molar-refractivity contribution in [2.24, 2.45) is 0 Å². The molecule has 2 aromatic rings. The Kier molecular flexibility index (Phi) is 6.14. The van der Waals surface area contributed by atoms with Crippen LogP contribution in [0, 0.1) is 11.3 Å². The number of halogens is 1. The SMILES string of the molecule is CSc1nc(-c2c(O)ccc(O[Si](C)(C)C(C)(C)C)c2Br)c(C#N)c(=O)[nH]1. The molecule has 0 bridgehead atoms. The summed E-state index contributed by atoms with van der Waals surface area (Å²) in [5, 5.41) is 20.2. The average Bonchev–Trinajstić information content (AvgIpc) is 2.56. The number of hydrogen-bond donors (Lipinski definition) is 2. The van der Waals surface area contributed by atoms with Crippen molar-refractivity contribution in [3.05, 3.63) is 32.5 Å². The van der Waals surface area contributed by atoms with Gasteiger partial charge in [0.25, 0.3) is 13.9 Å². The molecule has 0 saturated heterocycles. The van der Waals surface area contributed by atoms with Gasteiger partial charge in [0.1, 0.15) is 28.8 Å². The lowest BCUT2D eigenvalue weighted by molar-refractivity contribution is 0.469. The van der Waals surface area contributed by atoms with Crippen LogP contribution >= 0.6 is 27.7 Å². The van der Waals surface area contributed by atoms with Crippen LogP contribution in [0.4, 0.5) is 0 Å². The van der Waals surface area contributed by atoms with Gasteiger partial charge in [-0.05, 0) is 52.5 Å². The van der Waals surface area contributed by atoms with Crippen molar-refractivity contribution in [1.29, 1.82) is 5.26 Å². The third-order valence-electron chi connectivity index (χ3n) is 4.70. The van der Waals surface area contributed by atoms with Crippen LogP contribution in [0.3, 0.4) is 0 Å². The van der Waals surface area contributed by atoms with Crippen LogP contribution in [0.5, 0.6) is 11.5 Å². The molecule has 1 aromatic heterocycles. The van der Waals surface area contributed by atoms with Crippen LogP contribution in [0.15, 0.2) is 26.6 Å². The molecule has 27 heavy (non-hydrogen) atoms. The molecular weight excluding hydrogens is 446 g/mol. The number of nitrogens with one attached hydrogen (secondary N) is 1. The fourth-order valence-corrected chi connectivity index (χ4v) is 4.27. The monoisotopic (exact) mass is 467 g/mol. The third kappa shape index (κ3) is 4.23. The first-order chi connectivity index (χ1) is 12.4. The van der Waals surface area contributed by atoms with E-state index in [0.717, 1.165) is 0 Å². The molecule has 0 saturated carbocycles. The van der Waals surface area contributed by atoms with Gasteiger partial charge in [-0.25, -0.2) is 4.98 Å². The molecule has 0 spiro atoms. The molecule has 0 amide bonds. The second-order valence-corrected chi connectivity index (χ2v) is 13.9. The normalized spacial score (nSPS) is 11.9. The second-order valence-electron chi connectivity index (χ2n) is 7.54. The van der Waals surface area contributed by atoms with E-state index < -0.39 is 13.9 Å². The first-order valence-corrected chi connectivity index (χ1v) is 13.1. The molecule has 9 heteroatoms. The summed E-state index contributed by atoms with van der Waals surface area (Å²) in [7, 11) is -2.14. The maximum Gasteiger partial charge on any atom is 0.270 e. The minimum Gasteiger partial charge on any atom is -0.543 e. The van der Waals surface area contributed by atoms with Gasteiger partial charge in [-0.3, -0.25) is 4.79 Å². The molecule has 0 aliphatic heterocycles. The van der Waals surface area contributed by atoms with Crippen LogP contribution in [0.1, 0.15) is 26.3 Å². The summed E-state index contributed by atoms with van der Waals surface area (Å²) in [5.74, 6) is 0.456. The second kappa shape index (κ2) is 7.70. The first-order valence-electron chi connectivity index (χ1n) is 8.22. The zero-order valence-electron chi connectivity index (χ0n) is 16.1. The summed E-state index contributed by atoms with van der Waals surface area (Å²) in [4.78, 5) is 19.1. The summed E-state index contributed by atoms with van der Waals surface area (Å²) in [6.45, 7) is 10.6. The van der Waals surface area contributed by atoms with Gasteiger partial charge in [0.05, 0.1) is 10.0 Å². The molecule has 0 radical (unpaired) electrons. The van der Waals surface area contributed by atoms with Crippen LogP contribution in [0.2, 0.25) is 18.1 Å². The predicted octanol–water partition coefficient (Wildman–Crippen LogP) is 4.88. The summed E-state index contributed by atoms with van der Waals surface area (Å²) in [5.41, 5.74) is -0.318. The molecule has 0 atom stereocenters. The van der Waals surface area contributed by atoms with E-state index in [2.05, 4.69) is 59.8 Å². The van der Waals surface area contributed by atoms with E-state index in [1.165, 1.54) is 17.8 Å². The highest BCUT2D eigenvalue weighted by atomic mass is 79.9. The average molecular weight is 468 g/mol. The summed E-state index contributed by atoms with van der Waals surface area (Å²) >= 11 is 4.73. The van der Waals surface area contributed by atoms with Crippen LogP contribution in [-0.2, 0) is 0 Å². The van der Waals surface area contributed by atoms with Crippen molar-refractivity contribution in [1.82, 2.24) is 9.97 Å². The molecule has 2 N–H and O–H groups in total. The lowest BCUT2D eigenvalue weighted by atomic mass is 10.1. The minimum atomic E-state index is -2.14. The van der Waals surface area contributed by atoms with Gasteiger partial charge in [0.2, 0.25) is 0 Å². The molecular formula is C18H22BrN3O3SSi. The van der Waals surface area contributed by atoms with Gasteiger partial charge in [-0.1, -0.05) is 32.5 Å². The van der Waals surface area contributed by atoms with E-state index >= 15 is 0 Å².